The van der Waals surface area contributed by atoms with E-state index in [9.17, 15) is 24.9 Å². The van der Waals surface area contributed by atoms with Crippen molar-refractivity contribution < 1.29 is 48.6 Å². The second-order valence-electron chi connectivity index (χ2n) is 13.5. The van der Waals surface area contributed by atoms with Gasteiger partial charge in [0.15, 0.2) is 17.0 Å². The highest BCUT2D eigenvalue weighted by molar-refractivity contribution is 5.93. The Hall–Kier alpha value is -2.96. The predicted molar refractivity (Wildman–Crippen MR) is 152 cm³/mol. The highest BCUT2D eigenvalue weighted by Crippen LogP contribution is 2.74. The van der Waals surface area contributed by atoms with Crippen molar-refractivity contribution in [2.75, 3.05) is 6.61 Å². The lowest BCUT2D eigenvalue weighted by atomic mass is 9.52. The van der Waals surface area contributed by atoms with Crippen LogP contribution in [0.4, 0.5) is 0 Å². The van der Waals surface area contributed by atoms with Gasteiger partial charge in [-0.15, -0.1) is 0 Å². The number of rotatable bonds is 5. The van der Waals surface area contributed by atoms with Crippen molar-refractivity contribution in [2.45, 2.75) is 80.0 Å². The molecule has 3 saturated heterocycles. The van der Waals surface area contributed by atoms with E-state index in [-0.39, 0.29) is 6.42 Å². The Labute approximate surface area is 254 Å². The summed E-state index contributed by atoms with van der Waals surface area (Å²) in [5.41, 5.74) is -5.52. The van der Waals surface area contributed by atoms with E-state index >= 15 is 0 Å². The van der Waals surface area contributed by atoms with E-state index in [1.807, 2.05) is 25.1 Å². The summed E-state index contributed by atoms with van der Waals surface area (Å²) < 4.78 is 33.5. The number of esters is 1. The van der Waals surface area contributed by atoms with E-state index in [0.717, 1.165) is 0 Å². The number of aliphatic hydroxyl groups excluding tert-OH is 2. The summed E-state index contributed by atoms with van der Waals surface area (Å²) in [5, 5.41) is 34.9. The van der Waals surface area contributed by atoms with Crippen LogP contribution in [0.3, 0.4) is 0 Å². The predicted octanol–water partition coefficient (Wildman–Crippen LogP) is 2.25. The van der Waals surface area contributed by atoms with Gasteiger partial charge in [0.05, 0.1) is 17.8 Å². The maximum atomic E-state index is 13.9. The molecule has 0 radical (unpaired) electrons. The molecule has 10 nitrogen and oxygen atoms in total. The Morgan fingerprint density at radius 1 is 1.02 bits per heavy atom. The SMILES string of the molecule is C=C(C)[C@@]12O[C@@]3(c4ccccc4)O[C@@H]1C1[C@@H]4O[C@]4(CO)[C@@H](O)[C@]4(O)C(=O)C(C)CC4[C@@]1(O3)[C@H](C)[C@H]2OC(=O)c1ccccc1. The number of epoxide rings is 1. The molecule has 6 fully saturated rings. The molecule has 8 rings (SSSR count). The first kappa shape index (κ1) is 28.5. The molecule has 2 aromatic carbocycles. The molecule has 0 spiro atoms. The fourth-order valence-electron chi connectivity index (χ4n) is 9.52. The Morgan fingerprint density at radius 3 is 2.32 bits per heavy atom. The van der Waals surface area contributed by atoms with Crippen LogP contribution in [-0.4, -0.2) is 80.5 Å². The molecule has 3 saturated carbocycles. The third-order valence-electron chi connectivity index (χ3n) is 11.5. The topological polar surface area (TPSA) is 144 Å². The molecule has 10 heteroatoms. The Bertz CT molecular complexity index is 1560. The zero-order valence-corrected chi connectivity index (χ0v) is 24.7. The van der Waals surface area contributed by atoms with E-state index in [2.05, 4.69) is 6.58 Å². The number of carbonyl (C=O) groups excluding carboxylic acids is 2. The number of carbonyl (C=O) groups is 2. The fourth-order valence-corrected chi connectivity index (χ4v) is 9.52. The van der Waals surface area contributed by atoms with E-state index in [0.29, 0.717) is 16.7 Å². The lowest BCUT2D eigenvalue weighted by Gasteiger charge is -2.61. The fraction of sp³-hybridized carbons (Fsp3) is 0.529. The van der Waals surface area contributed by atoms with Gasteiger partial charge in [-0.05, 0) is 31.1 Å². The summed E-state index contributed by atoms with van der Waals surface area (Å²) in [6, 6.07) is 17.7. The summed E-state index contributed by atoms with van der Waals surface area (Å²) in [7, 11) is 0. The molecule has 44 heavy (non-hydrogen) atoms. The molecule has 0 aromatic heterocycles. The van der Waals surface area contributed by atoms with Crippen molar-refractivity contribution in [3.8, 4) is 0 Å². The van der Waals surface area contributed by atoms with Gasteiger partial charge in [0, 0.05) is 29.2 Å². The molecule has 0 amide bonds. The smallest absolute Gasteiger partial charge is 0.338 e. The molecule has 3 unspecified atom stereocenters. The molecule has 232 valence electrons. The van der Waals surface area contributed by atoms with Crippen LogP contribution in [0.1, 0.15) is 43.1 Å². The zero-order chi connectivity index (χ0) is 31.0. The minimum absolute atomic E-state index is 0.179. The van der Waals surface area contributed by atoms with Crippen molar-refractivity contribution in [1.82, 2.24) is 0 Å². The van der Waals surface area contributed by atoms with Crippen molar-refractivity contribution in [2.24, 2.45) is 23.7 Å². The van der Waals surface area contributed by atoms with Gasteiger partial charge in [-0.3, -0.25) is 4.79 Å². The van der Waals surface area contributed by atoms with E-state index in [1.54, 1.807) is 56.3 Å². The van der Waals surface area contributed by atoms with Crippen LogP contribution in [0.5, 0.6) is 0 Å². The molecule has 13 atom stereocenters. The molecular weight excluding hydrogens is 568 g/mol. The standard InChI is InChI=1S/C34H36O10/c1-17(2)32-25(40-28(37)20-11-7-5-8-12-20)19(4)33-22-15-18(3)24(36)31(22,39)29(38)30(16-35)26(41-30)23(33)27(32)42-34(43-32,44-33)21-13-9-6-10-14-21/h5-14,18-19,22-23,25-27,29,35,38-39H,1,15-16H2,2-4H3/t18?,19-,22?,23?,25-,26+,27-,29-,30+,31-,32+,33+,34-/m1/s1. The van der Waals surface area contributed by atoms with Crippen LogP contribution < -0.4 is 0 Å². The lowest BCUT2D eigenvalue weighted by molar-refractivity contribution is -0.443. The van der Waals surface area contributed by atoms with E-state index in [4.69, 9.17) is 23.7 Å². The second kappa shape index (κ2) is 8.85. The van der Waals surface area contributed by atoms with Crippen LogP contribution in [-0.2, 0) is 34.5 Å². The van der Waals surface area contributed by atoms with Gasteiger partial charge in [0.25, 0.3) is 0 Å². The van der Waals surface area contributed by atoms with Gasteiger partial charge in [-0.2, -0.15) is 0 Å². The summed E-state index contributed by atoms with van der Waals surface area (Å²) in [6.45, 7) is 9.02. The number of aliphatic hydroxyl groups is 3. The molecule has 6 aliphatic rings. The largest absolute Gasteiger partial charge is 0.455 e. The van der Waals surface area contributed by atoms with E-state index < -0.39 is 94.8 Å². The van der Waals surface area contributed by atoms with Gasteiger partial charge < -0.3 is 39.0 Å². The first-order valence-corrected chi connectivity index (χ1v) is 15.2. The molecule has 3 bridgehead atoms. The van der Waals surface area contributed by atoms with Gasteiger partial charge in [0.2, 0.25) is 0 Å². The van der Waals surface area contributed by atoms with Crippen LogP contribution in [0.25, 0.3) is 0 Å². The molecule has 3 aliphatic heterocycles. The van der Waals surface area contributed by atoms with E-state index in [1.165, 1.54) is 0 Å². The second-order valence-corrected chi connectivity index (χ2v) is 13.5. The highest BCUT2D eigenvalue weighted by Gasteiger charge is 2.91. The first-order valence-electron chi connectivity index (χ1n) is 15.2. The number of fused-ring (bicyclic) bond motifs is 3. The third-order valence-corrected chi connectivity index (χ3v) is 11.5. The number of Topliss-reactive ketones (excluding diaryl/α,β-unsaturated/α-hetero) is 1. The van der Waals surface area contributed by atoms with Crippen molar-refractivity contribution in [1.29, 1.82) is 0 Å². The average Bonchev–Trinajstić information content (AvgIpc) is 3.65. The van der Waals surface area contributed by atoms with Gasteiger partial charge in [0.1, 0.15) is 30.0 Å². The van der Waals surface area contributed by atoms with Crippen LogP contribution in [0.15, 0.2) is 72.8 Å². The number of ketones is 1. The molecule has 2 aromatic rings. The molecular formula is C34H36O10. The Morgan fingerprint density at radius 2 is 1.68 bits per heavy atom. The summed E-state index contributed by atoms with van der Waals surface area (Å²) >= 11 is 0. The minimum atomic E-state index is -2.33. The summed E-state index contributed by atoms with van der Waals surface area (Å²) in [5.74, 6) is -6.07. The zero-order valence-electron chi connectivity index (χ0n) is 24.7. The number of ether oxygens (including phenoxy) is 5. The summed E-state index contributed by atoms with van der Waals surface area (Å²) in [6.07, 6.45) is -4.39. The number of hydrogen-bond donors (Lipinski definition) is 3. The average molecular weight is 605 g/mol. The quantitative estimate of drug-likeness (QED) is 0.264. The lowest BCUT2D eigenvalue weighted by Crippen LogP contribution is -2.76. The minimum Gasteiger partial charge on any atom is -0.455 e. The highest BCUT2D eigenvalue weighted by atomic mass is 16.9. The number of benzene rings is 2. The first-order chi connectivity index (χ1) is 20.9. The van der Waals surface area contributed by atoms with Crippen molar-refractivity contribution in [3.63, 3.8) is 0 Å². The monoisotopic (exact) mass is 604 g/mol. The third kappa shape index (κ3) is 3.05. The normalized spacial score (nSPS) is 49.5. The van der Waals surface area contributed by atoms with Gasteiger partial charge in [-0.1, -0.05) is 69.0 Å². The van der Waals surface area contributed by atoms with Crippen LogP contribution >= 0.6 is 0 Å². The molecule has 3 aliphatic carbocycles. The van der Waals surface area contributed by atoms with Crippen molar-refractivity contribution >= 4 is 11.8 Å². The number of hydrogen-bond acceptors (Lipinski definition) is 10. The Balaban J connectivity index is 1.40. The van der Waals surface area contributed by atoms with Gasteiger partial charge >= 0.3 is 11.9 Å². The Kier molecular flexibility index (Phi) is 5.73. The maximum absolute atomic E-state index is 13.9. The summed E-state index contributed by atoms with van der Waals surface area (Å²) in [4.78, 5) is 27.6. The maximum Gasteiger partial charge on any atom is 0.338 e. The van der Waals surface area contributed by atoms with Gasteiger partial charge in [-0.25, -0.2) is 4.79 Å². The molecule has 3 N–H and O–H groups in total. The van der Waals surface area contributed by atoms with Crippen LogP contribution in [0.2, 0.25) is 0 Å². The molecule has 3 heterocycles. The van der Waals surface area contributed by atoms with Crippen LogP contribution in [0, 0.1) is 23.7 Å². The van der Waals surface area contributed by atoms with Crippen molar-refractivity contribution in [3.05, 3.63) is 83.9 Å².